The summed E-state index contributed by atoms with van der Waals surface area (Å²) in [5.74, 6) is -0.195. The molecule has 3 rings (SSSR count). The van der Waals surface area contributed by atoms with E-state index in [2.05, 4.69) is 5.32 Å². The molecule has 0 atom stereocenters. The third kappa shape index (κ3) is 4.45. The van der Waals surface area contributed by atoms with Crippen LogP contribution in [0.3, 0.4) is 0 Å². The third-order valence-electron chi connectivity index (χ3n) is 4.24. The quantitative estimate of drug-likeness (QED) is 0.654. The van der Waals surface area contributed by atoms with Gasteiger partial charge in [-0.1, -0.05) is 72.3 Å². The minimum absolute atomic E-state index is 0.0972. The van der Waals surface area contributed by atoms with Crippen LogP contribution in [0, 0.1) is 6.92 Å². The van der Waals surface area contributed by atoms with Crippen LogP contribution in [0.1, 0.15) is 33.5 Å². The van der Waals surface area contributed by atoms with E-state index in [0.29, 0.717) is 29.7 Å². The van der Waals surface area contributed by atoms with Gasteiger partial charge < -0.3 is 5.32 Å². The molecule has 3 aromatic rings. The summed E-state index contributed by atoms with van der Waals surface area (Å²) >= 11 is 0. The Kier molecular flexibility index (Phi) is 5.59. The summed E-state index contributed by atoms with van der Waals surface area (Å²) in [5, 5.41) is 2.88. The maximum atomic E-state index is 12.7. The zero-order chi connectivity index (χ0) is 18.4. The van der Waals surface area contributed by atoms with Crippen molar-refractivity contribution in [1.82, 2.24) is 0 Å². The van der Waals surface area contributed by atoms with Crippen LogP contribution >= 0.6 is 0 Å². The summed E-state index contributed by atoms with van der Waals surface area (Å²) in [6.07, 6.45) is 1.04. The van der Waals surface area contributed by atoms with Crippen molar-refractivity contribution < 1.29 is 9.59 Å². The zero-order valence-electron chi connectivity index (χ0n) is 14.7. The van der Waals surface area contributed by atoms with Crippen molar-refractivity contribution in [2.75, 3.05) is 5.32 Å². The summed E-state index contributed by atoms with van der Waals surface area (Å²) in [5.41, 5.74) is 3.98. The van der Waals surface area contributed by atoms with Crippen molar-refractivity contribution in [1.29, 1.82) is 0 Å². The molecular weight excluding hydrogens is 322 g/mol. The second kappa shape index (κ2) is 8.26. The predicted octanol–water partition coefficient (Wildman–Crippen LogP) is 4.80. The first-order valence-electron chi connectivity index (χ1n) is 8.67. The van der Waals surface area contributed by atoms with E-state index >= 15 is 0 Å². The van der Waals surface area contributed by atoms with Crippen LogP contribution in [0.15, 0.2) is 78.9 Å². The van der Waals surface area contributed by atoms with Crippen LogP contribution in [-0.4, -0.2) is 11.7 Å². The van der Waals surface area contributed by atoms with Crippen LogP contribution in [0.25, 0.3) is 0 Å². The average molecular weight is 343 g/mol. The molecule has 3 aromatic carbocycles. The molecule has 0 bridgehead atoms. The molecule has 0 aliphatic rings. The first kappa shape index (κ1) is 17.6. The Morgan fingerprint density at radius 1 is 0.808 bits per heavy atom. The fraction of sp³-hybridized carbons (Fsp3) is 0.130. The van der Waals surface area contributed by atoms with Gasteiger partial charge in [0.1, 0.15) is 0 Å². The van der Waals surface area contributed by atoms with Gasteiger partial charge in [0, 0.05) is 17.5 Å². The van der Waals surface area contributed by atoms with Crippen molar-refractivity contribution in [2.45, 2.75) is 19.8 Å². The molecule has 3 heteroatoms. The lowest BCUT2D eigenvalue weighted by atomic mass is 10.0. The number of anilines is 1. The Morgan fingerprint density at radius 3 is 2.19 bits per heavy atom. The molecule has 130 valence electrons. The average Bonchev–Trinajstić information content (AvgIpc) is 2.68. The fourth-order valence-corrected chi connectivity index (χ4v) is 2.76. The Labute approximate surface area is 153 Å². The summed E-state index contributed by atoms with van der Waals surface area (Å²) < 4.78 is 0. The van der Waals surface area contributed by atoms with Gasteiger partial charge in [0.15, 0.2) is 5.78 Å². The lowest BCUT2D eigenvalue weighted by Crippen LogP contribution is -2.15. The Hall–Kier alpha value is -3.20. The third-order valence-corrected chi connectivity index (χ3v) is 4.24. The highest BCUT2D eigenvalue weighted by Gasteiger charge is 2.14. The Bertz CT molecular complexity index is 899. The fourth-order valence-electron chi connectivity index (χ4n) is 2.76. The van der Waals surface area contributed by atoms with E-state index in [9.17, 15) is 9.59 Å². The maximum absolute atomic E-state index is 12.7. The molecule has 0 spiro atoms. The molecule has 0 heterocycles. The molecule has 0 saturated heterocycles. The van der Waals surface area contributed by atoms with Crippen LogP contribution in [-0.2, 0) is 11.2 Å². The van der Waals surface area contributed by atoms with Crippen molar-refractivity contribution in [3.63, 3.8) is 0 Å². The van der Waals surface area contributed by atoms with E-state index < -0.39 is 0 Å². The number of carbonyl (C=O) groups is 2. The van der Waals surface area contributed by atoms with Gasteiger partial charge in [-0.05, 0) is 31.0 Å². The highest BCUT2D eigenvalue weighted by molar-refractivity contribution is 6.13. The number of aryl methyl sites for hydroxylation is 2. The van der Waals surface area contributed by atoms with Crippen LogP contribution in [0.5, 0.6) is 0 Å². The van der Waals surface area contributed by atoms with E-state index in [-0.39, 0.29) is 11.7 Å². The van der Waals surface area contributed by atoms with E-state index in [0.717, 1.165) is 5.56 Å². The number of rotatable bonds is 6. The van der Waals surface area contributed by atoms with Gasteiger partial charge in [-0.2, -0.15) is 0 Å². The molecule has 0 unspecified atom stereocenters. The lowest BCUT2D eigenvalue weighted by Gasteiger charge is -2.10. The predicted molar refractivity (Wildman–Crippen MR) is 104 cm³/mol. The first-order chi connectivity index (χ1) is 12.6. The van der Waals surface area contributed by atoms with Crippen LogP contribution in [0.2, 0.25) is 0 Å². The van der Waals surface area contributed by atoms with Gasteiger partial charge in [0.05, 0.1) is 5.69 Å². The largest absolute Gasteiger partial charge is 0.325 e. The number of para-hydroxylation sites is 1. The number of hydrogen-bond donors (Lipinski definition) is 1. The number of nitrogens with one attached hydrogen (secondary N) is 1. The van der Waals surface area contributed by atoms with Crippen LogP contribution in [0.4, 0.5) is 5.69 Å². The molecule has 0 aromatic heterocycles. The molecule has 26 heavy (non-hydrogen) atoms. The minimum atomic E-state index is -0.0983. The normalized spacial score (nSPS) is 10.3. The molecule has 0 saturated carbocycles. The Balaban J connectivity index is 1.69. The summed E-state index contributed by atoms with van der Waals surface area (Å²) in [7, 11) is 0. The van der Waals surface area contributed by atoms with E-state index in [1.165, 1.54) is 5.56 Å². The number of carbonyl (C=O) groups excluding carboxylic acids is 2. The van der Waals surface area contributed by atoms with E-state index in [1.807, 2.05) is 55.5 Å². The number of amides is 1. The topological polar surface area (TPSA) is 46.2 Å². The summed E-state index contributed by atoms with van der Waals surface area (Å²) in [6, 6.07) is 24.4. The minimum Gasteiger partial charge on any atom is -0.325 e. The molecule has 0 aliphatic heterocycles. The van der Waals surface area contributed by atoms with Crippen molar-refractivity contribution >= 4 is 17.4 Å². The van der Waals surface area contributed by atoms with Crippen molar-refractivity contribution in [3.8, 4) is 0 Å². The van der Waals surface area contributed by atoms with Crippen molar-refractivity contribution in [2.24, 2.45) is 0 Å². The van der Waals surface area contributed by atoms with Gasteiger partial charge in [-0.3, -0.25) is 9.59 Å². The molecule has 0 aliphatic carbocycles. The second-order valence-electron chi connectivity index (χ2n) is 6.27. The summed E-state index contributed by atoms with van der Waals surface area (Å²) in [6.45, 7) is 2.04. The number of benzene rings is 3. The van der Waals surface area contributed by atoms with Gasteiger partial charge in [-0.25, -0.2) is 0 Å². The van der Waals surface area contributed by atoms with Crippen molar-refractivity contribution in [3.05, 3.63) is 101 Å². The molecule has 0 fully saturated rings. The molecule has 0 radical (unpaired) electrons. The van der Waals surface area contributed by atoms with E-state index in [1.54, 1.807) is 30.3 Å². The molecule has 3 nitrogen and oxygen atoms in total. The zero-order valence-corrected chi connectivity index (χ0v) is 14.7. The van der Waals surface area contributed by atoms with Gasteiger partial charge in [0.2, 0.25) is 5.91 Å². The maximum Gasteiger partial charge on any atom is 0.224 e. The van der Waals surface area contributed by atoms with Crippen LogP contribution < -0.4 is 5.32 Å². The number of ketones is 1. The number of hydrogen-bond acceptors (Lipinski definition) is 2. The van der Waals surface area contributed by atoms with E-state index in [4.69, 9.17) is 0 Å². The molecular formula is C23H21NO2. The SMILES string of the molecule is Cc1ccc(CCC(=O)Nc2ccccc2C(=O)c2ccccc2)cc1. The monoisotopic (exact) mass is 343 g/mol. The van der Waals surface area contributed by atoms with Gasteiger partial charge >= 0.3 is 0 Å². The summed E-state index contributed by atoms with van der Waals surface area (Å²) in [4.78, 5) is 25.1. The highest BCUT2D eigenvalue weighted by atomic mass is 16.1. The van der Waals surface area contributed by atoms with Gasteiger partial charge in [-0.15, -0.1) is 0 Å². The second-order valence-corrected chi connectivity index (χ2v) is 6.27. The smallest absolute Gasteiger partial charge is 0.224 e. The standard InChI is InChI=1S/C23H21NO2/c1-17-11-13-18(14-12-17)15-16-22(25)24-21-10-6-5-9-20(21)23(26)19-7-3-2-4-8-19/h2-14H,15-16H2,1H3,(H,24,25). The lowest BCUT2D eigenvalue weighted by molar-refractivity contribution is -0.116. The first-order valence-corrected chi connectivity index (χ1v) is 8.67. The highest BCUT2D eigenvalue weighted by Crippen LogP contribution is 2.20. The molecule has 1 N–H and O–H groups in total. The van der Waals surface area contributed by atoms with Gasteiger partial charge in [0.25, 0.3) is 0 Å². The molecule has 1 amide bonds. The Morgan fingerprint density at radius 2 is 1.46 bits per heavy atom.